The lowest BCUT2D eigenvalue weighted by molar-refractivity contribution is -0.118. The van der Waals surface area contributed by atoms with Crippen molar-refractivity contribution in [2.45, 2.75) is 44.4 Å². The monoisotopic (exact) mass is 414 g/mol. The summed E-state index contributed by atoms with van der Waals surface area (Å²) >= 11 is 0. The highest BCUT2D eigenvalue weighted by atomic mass is 32.2. The Labute approximate surface area is 174 Å². The molecule has 0 radical (unpaired) electrons. The lowest BCUT2D eigenvalue weighted by Crippen LogP contribution is -2.39. The van der Waals surface area contributed by atoms with Gasteiger partial charge in [-0.05, 0) is 61.3 Å². The van der Waals surface area contributed by atoms with Crippen molar-refractivity contribution in [2.24, 2.45) is 5.92 Å². The minimum absolute atomic E-state index is 0.00241. The largest absolute Gasteiger partial charge is 0.356 e. The predicted octanol–water partition coefficient (Wildman–Crippen LogP) is 3.32. The lowest BCUT2D eigenvalue weighted by Gasteiger charge is -2.31. The average Bonchev–Trinajstić information content (AvgIpc) is 2.70. The van der Waals surface area contributed by atoms with E-state index in [2.05, 4.69) is 29.6 Å². The summed E-state index contributed by atoms with van der Waals surface area (Å²) < 4.78 is 27.5. The zero-order valence-electron chi connectivity index (χ0n) is 17.2. The van der Waals surface area contributed by atoms with Crippen LogP contribution in [0.5, 0.6) is 0 Å². The summed E-state index contributed by atoms with van der Waals surface area (Å²) in [6.07, 6.45) is 3.57. The lowest BCUT2D eigenvalue weighted by atomic mass is 9.90. The number of rotatable bonds is 7. The highest BCUT2D eigenvalue weighted by Gasteiger charge is 2.30. The standard InChI is InChI=1S/C23H30N2O3S/c1-18-5-3-4-6-23(18)29(27,28)25-15-12-22(13-16-25)17-21-9-7-20(8-10-21)11-14-24-19(2)26/h3-10,22H,11-17H2,1-2H3,(H,24,26). The van der Waals surface area contributed by atoms with Crippen molar-refractivity contribution in [2.75, 3.05) is 19.6 Å². The molecule has 0 saturated carbocycles. The van der Waals surface area contributed by atoms with Gasteiger partial charge in [-0.15, -0.1) is 0 Å². The first kappa shape index (κ1) is 21.5. The molecule has 6 heteroatoms. The molecule has 2 aromatic rings. The molecular weight excluding hydrogens is 384 g/mol. The molecule has 1 fully saturated rings. The van der Waals surface area contributed by atoms with Gasteiger partial charge < -0.3 is 5.32 Å². The van der Waals surface area contributed by atoms with Crippen molar-refractivity contribution in [3.8, 4) is 0 Å². The van der Waals surface area contributed by atoms with Crippen LogP contribution in [0.1, 0.15) is 36.5 Å². The van der Waals surface area contributed by atoms with E-state index in [1.165, 1.54) is 18.1 Å². The molecule has 5 nitrogen and oxygen atoms in total. The molecule has 0 bridgehead atoms. The van der Waals surface area contributed by atoms with Crippen molar-refractivity contribution < 1.29 is 13.2 Å². The van der Waals surface area contributed by atoms with Crippen LogP contribution in [0.3, 0.4) is 0 Å². The summed E-state index contributed by atoms with van der Waals surface area (Å²) in [4.78, 5) is 11.4. The molecule has 0 atom stereocenters. The molecule has 3 rings (SSSR count). The van der Waals surface area contributed by atoms with Crippen molar-refractivity contribution in [3.05, 3.63) is 65.2 Å². The van der Waals surface area contributed by atoms with Crippen LogP contribution in [0.2, 0.25) is 0 Å². The summed E-state index contributed by atoms with van der Waals surface area (Å²) in [7, 11) is -3.41. The third-order valence-corrected chi connectivity index (χ3v) is 7.68. The Bertz CT molecular complexity index is 931. The molecule has 2 aromatic carbocycles. The van der Waals surface area contributed by atoms with Gasteiger partial charge in [0.2, 0.25) is 15.9 Å². The Morgan fingerprint density at radius 3 is 2.28 bits per heavy atom. The number of piperidine rings is 1. The number of nitrogens with zero attached hydrogens (tertiary/aromatic N) is 1. The number of sulfonamides is 1. The Morgan fingerprint density at radius 2 is 1.66 bits per heavy atom. The fourth-order valence-electron chi connectivity index (χ4n) is 3.90. The molecule has 29 heavy (non-hydrogen) atoms. The fourth-order valence-corrected chi connectivity index (χ4v) is 5.59. The predicted molar refractivity (Wildman–Crippen MR) is 115 cm³/mol. The normalized spacial score (nSPS) is 15.9. The van der Waals surface area contributed by atoms with Gasteiger partial charge in [0, 0.05) is 26.6 Å². The molecule has 1 aliphatic heterocycles. The molecular formula is C23H30N2O3S. The van der Waals surface area contributed by atoms with Crippen molar-refractivity contribution in [3.63, 3.8) is 0 Å². The molecule has 1 heterocycles. The van der Waals surface area contributed by atoms with Gasteiger partial charge in [0.05, 0.1) is 4.90 Å². The van der Waals surface area contributed by atoms with Crippen LogP contribution in [0.25, 0.3) is 0 Å². The van der Waals surface area contributed by atoms with E-state index in [4.69, 9.17) is 0 Å². The van der Waals surface area contributed by atoms with E-state index >= 15 is 0 Å². The van der Waals surface area contributed by atoms with E-state index in [0.29, 0.717) is 30.4 Å². The Kier molecular flexibility index (Phi) is 7.09. The van der Waals surface area contributed by atoms with Gasteiger partial charge in [0.1, 0.15) is 0 Å². The summed E-state index contributed by atoms with van der Waals surface area (Å²) in [5, 5.41) is 2.81. The van der Waals surface area contributed by atoms with E-state index in [1.807, 2.05) is 19.1 Å². The van der Waals surface area contributed by atoms with Crippen LogP contribution in [-0.2, 0) is 27.7 Å². The molecule has 1 saturated heterocycles. The number of hydrogen-bond acceptors (Lipinski definition) is 3. The molecule has 1 amide bonds. The number of amides is 1. The van der Waals surface area contributed by atoms with E-state index in [-0.39, 0.29) is 5.91 Å². The maximum atomic E-state index is 12.9. The molecule has 0 aromatic heterocycles. The Morgan fingerprint density at radius 1 is 1.03 bits per heavy atom. The first-order chi connectivity index (χ1) is 13.9. The van der Waals surface area contributed by atoms with Crippen LogP contribution in [0, 0.1) is 12.8 Å². The van der Waals surface area contributed by atoms with Gasteiger partial charge in [-0.1, -0.05) is 42.5 Å². The van der Waals surface area contributed by atoms with Crippen LogP contribution in [0.15, 0.2) is 53.4 Å². The molecule has 156 valence electrons. The molecule has 0 unspecified atom stereocenters. The summed E-state index contributed by atoms with van der Waals surface area (Å²) in [6, 6.07) is 15.7. The van der Waals surface area contributed by atoms with E-state index in [0.717, 1.165) is 31.2 Å². The van der Waals surface area contributed by atoms with Gasteiger partial charge in [0.15, 0.2) is 0 Å². The molecule has 0 aliphatic carbocycles. The Balaban J connectivity index is 1.52. The summed E-state index contributed by atoms with van der Waals surface area (Å²) in [6.45, 7) is 5.19. The summed E-state index contributed by atoms with van der Waals surface area (Å²) in [5.74, 6) is 0.501. The van der Waals surface area contributed by atoms with Gasteiger partial charge in [-0.2, -0.15) is 4.31 Å². The van der Waals surface area contributed by atoms with Gasteiger partial charge in [-0.3, -0.25) is 4.79 Å². The minimum Gasteiger partial charge on any atom is -0.356 e. The molecule has 0 spiro atoms. The second-order valence-corrected chi connectivity index (χ2v) is 9.77. The SMILES string of the molecule is CC(=O)NCCc1ccc(CC2CCN(S(=O)(=O)c3ccccc3C)CC2)cc1. The van der Waals surface area contributed by atoms with Crippen LogP contribution in [0.4, 0.5) is 0 Å². The number of benzene rings is 2. The topological polar surface area (TPSA) is 66.5 Å². The highest BCUT2D eigenvalue weighted by Crippen LogP contribution is 2.27. The van der Waals surface area contributed by atoms with Crippen LogP contribution >= 0.6 is 0 Å². The first-order valence-corrected chi connectivity index (χ1v) is 11.7. The van der Waals surface area contributed by atoms with Crippen LogP contribution in [-0.4, -0.2) is 38.3 Å². The third kappa shape index (κ3) is 5.67. The number of carbonyl (C=O) groups is 1. The smallest absolute Gasteiger partial charge is 0.243 e. The number of hydrogen-bond donors (Lipinski definition) is 1. The zero-order valence-corrected chi connectivity index (χ0v) is 18.0. The fraction of sp³-hybridized carbons (Fsp3) is 0.435. The van der Waals surface area contributed by atoms with Gasteiger partial charge in [0.25, 0.3) is 0 Å². The number of aryl methyl sites for hydroxylation is 1. The number of carbonyl (C=O) groups excluding carboxylic acids is 1. The van der Waals surface area contributed by atoms with Crippen molar-refractivity contribution >= 4 is 15.9 Å². The van der Waals surface area contributed by atoms with E-state index in [1.54, 1.807) is 16.4 Å². The van der Waals surface area contributed by atoms with Crippen molar-refractivity contribution in [1.29, 1.82) is 0 Å². The van der Waals surface area contributed by atoms with E-state index in [9.17, 15) is 13.2 Å². The summed E-state index contributed by atoms with van der Waals surface area (Å²) in [5.41, 5.74) is 3.29. The number of nitrogens with one attached hydrogen (secondary N) is 1. The van der Waals surface area contributed by atoms with Gasteiger partial charge in [-0.25, -0.2) is 8.42 Å². The van der Waals surface area contributed by atoms with Crippen LogP contribution < -0.4 is 5.32 Å². The average molecular weight is 415 g/mol. The highest BCUT2D eigenvalue weighted by molar-refractivity contribution is 7.89. The second-order valence-electron chi connectivity index (χ2n) is 7.87. The second kappa shape index (κ2) is 9.55. The first-order valence-electron chi connectivity index (χ1n) is 10.2. The Hall–Kier alpha value is -2.18. The van der Waals surface area contributed by atoms with Crippen molar-refractivity contribution in [1.82, 2.24) is 9.62 Å². The van der Waals surface area contributed by atoms with E-state index < -0.39 is 10.0 Å². The zero-order chi connectivity index (χ0) is 20.9. The maximum absolute atomic E-state index is 12.9. The third-order valence-electron chi connectivity index (χ3n) is 5.62. The maximum Gasteiger partial charge on any atom is 0.243 e. The minimum atomic E-state index is -3.41. The molecule has 1 N–H and O–H groups in total. The molecule has 1 aliphatic rings. The quantitative estimate of drug-likeness (QED) is 0.756. The van der Waals surface area contributed by atoms with Gasteiger partial charge >= 0.3 is 0 Å².